The molecule has 1 aliphatic heterocycles. The molecule has 180 valence electrons. The number of allylic oxidation sites excluding steroid dienone is 10. The predicted molar refractivity (Wildman–Crippen MR) is 133 cm³/mol. The number of rotatable bonds is 17. The summed E-state index contributed by atoms with van der Waals surface area (Å²) in [6.45, 7) is 6.68. The highest BCUT2D eigenvalue weighted by atomic mass is 16.7. The van der Waals surface area contributed by atoms with Crippen molar-refractivity contribution in [3.63, 3.8) is 0 Å². The van der Waals surface area contributed by atoms with Gasteiger partial charge < -0.3 is 14.2 Å². The fourth-order valence-corrected chi connectivity index (χ4v) is 3.14. The molecule has 1 atom stereocenters. The van der Waals surface area contributed by atoms with E-state index in [0.29, 0.717) is 19.4 Å². The molecule has 1 aliphatic rings. The lowest BCUT2D eigenvalue weighted by atomic mass is 10.2. The van der Waals surface area contributed by atoms with Crippen LogP contribution in [0.4, 0.5) is 0 Å². The largest absolute Gasteiger partial charge is 0.463 e. The Morgan fingerprint density at radius 2 is 1.38 bits per heavy atom. The molecule has 1 fully saturated rings. The van der Waals surface area contributed by atoms with E-state index >= 15 is 0 Å². The Hall–Kier alpha value is -1.91. The van der Waals surface area contributed by atoms with Gasteiger partial charge in [0.05, 0.1) is 6.61 Å². The minimum absolute atomic E-state index is 0.165. The number of esters is 1. The van der Waals surface area contributed by atoms with Gasteiger partial charge in [-0.15, -0.1) is 0 Å². The maximum atomic E-state index is 11.8. The normalized spacial score (nSPS) is 18.9. The first-order chi connectivity index (χ1) is 15.5. The first-order valence-electron chi connectivity index (χ1n) is 12.3. The summed E-state index contributed by atoms with van der Waals surface area (Å²) in [6, 6.07) is 0. The van der Waals surface area contributed by atoms with E-state index in [9.17, 15) is 4.79 Å². The van der Waals surface area contributed by atoms with Crippen molar-refractivity contribution in [3.05, 3.63) is 60.8 Å². The lowest BCUT2D eigenvalue weighted by molar-refractivity contribution is -0.158. The molecule has 0 amide bonds. The standard InChI is InChI=1S/C28H44O4/c1-4-5-6-7-8-9-10-11-12-13-14-15-16-17-18-19-20-21-22-23-27(29)30-24-26-25-31-28(2,3)32-26/h8-9,11-12,14-15,17-18,20-21,26H,4-7,10,13,16,19,22-25H2,1-3H3/b9-8-,12-11-,15-14-,18-17-,21-20-. The van der Waals surface area contributed by atoms with Crippen molar-refractivity contribution in [1.82, 2.24) is 0 Å². The minimum atomic E-state index is -0.578. The second-order valence-electron chi connectivity index (χ2n) is 8.47. The molecule has 0 saturated carbocycles. The molecule has 0 aliphatic carbocycles. The molecule has 0 N–H and O–H groups in total. The van der Waals surface area contributed by atoms with Crippen molar-refractivity contribution in [1.29, 1.82) is 0 Å². The van der Waals surface area contributed by atoms with E-state index < -0.39 is 5.79 Å². The summed E-state index contributed by atoms with van der Waals surface area (Å²) in [5.41, 5.74) is 0. The van der Waals surface area contributed by atoms with Crippen LogP contribution in [0.2, 0.25) is 0 Å². The smallest absolute Gasteiger partial charge is 0.306 e. The zero-order valence-corrected chi connectivity index (χ0v) is 20.5. The molecular formula is C28H44O4. The Labute approximate surface area is 196 Å². The van der Waals surface area contributed by atoms with Crippen LogP contribution in [0.1, 0.15) is 85.0 Å². The van der Waals surface area contributed by atoms with Gasteiger partial charge >= 0.3 is 5.97 Å². The third kappa shape index (κ3) is 16.7. The van der Waals surface area contributed by atoms with Crippen molar-refractivity contribution >= 4 is 5.97 Å². The SMILES string of the molecule is CCCCC/C=C\C/C=C\C/C=C\C/C=C\C/C=C\CCC(=O)OCC1COC(C)(C)O1. The summed E-state index contributed by atoms with van der Waals surface area (Å²) in [5, 5.41) is 0. The Morgan fingerprint density at radius 3 is 1.88 bits per heavy atom. The van der Waals surface area contributed by atoms with Crippen LogP contribution >= 0.6 is 0 Å². The molecule has 32 heavy (non-hydrogen) atoms. The number of unbranched alkanes of at least 4 members (excludes halogenated alkanes) is 3. The van der Waals surface area contributed by atoms with E-state index in [1.165, 1.54) is 25.7 Å². The lowest BCUT2D eigenvalue weighted by Crippen LogP contribution is -2.25. The third-order valence-electron chi connectivity index (χ3n) is 4.91. The molecule has 0 radical (unpaired) electrons. The van der Waals surface area contributed by atoms with Crippen LogP contribution < -0.4 is 0 Å². The van der Waals surface area contributed by atoms with E-state index in [1.54, 1.807) is 0 Å². The molecule has 1 rings (SSSR count). The molecule has 0 aromatic heterocycles. The van der Waals surface area contributed by atoms with Gasteiger partial charge in [-0.25, -0.2) is 0 Å². The molecule has 4 nitrogen and oxygen atoms in total. The lowest BCUT2D eigenvalue weighted by Gasteiger charge is -2.16. The summed E-state index contributed by atoms with van der Waals surface area (Å²) in [6.07, 6.45) is 31.8. The predicted octanol–water partition coefficient (Wildman–Crippen LogP) is 7.38. The van der Waals surface area contributed by atoms with Crippen LogP contribution in [0, 0.1) is 0 Å². The van der Waals surface area contributed by atoms with Crippen LogP contribution in [0.15, 0.2) is 60.8 Å². The van der Waals surface area contributed by atoms with Crippen molar-refractivity contribution in [2.75, 3.05) is 13.2 Å². The summed E-state index contributed by atoms with van der Waals surface area (Å²) in [4.78, 5) is 11.8. The molecule has 0 aromatic rings. The van der Waals surface area contributed by atoms with Gasteiger partial charge in [-0.1, -0.05) is 80.5 Å². The van der Waals surface area contributed by atoms with Gasteiger partial charge in [0.2, 0.25) is 0 Å². The molecule has 0 bridgehead atoms. The van der Waals surface area contributed by atoms with Gasteiger partial charge in [-0.3, -0.25) is 4.79 Å². The highest BCUT2D eigenvalue weighted by molar-refractivity contribution is 5.69. The van der Waals surface area contributed by atoms with E-state index in [1.807, 2.05) is 19.9 Å². The zero-order chi connectivity index (χ0) is 23.3. The van der Waals surface area contributed by atoms with Crippen molar-refractivity contribution in [3.8, 4) is 0 Å². The number of hydrogen-bond acceptors (Lipinski definition) is 4. The van der Waals surface area contributed by atoms with Gasteiger partial charge in [0.1, 0.15) is 12.7 Å². The fraction of sp³-hybridized carbons (Fsp3) is 0.607. The van der Waals surface area contributed by atoms with Gasteiger partial charge in [0, 0.05) is 6.42 Å². The first kappa shape index (κ1) is 28.1. The maximum absolute atomic E-state index is 11.8. The van der Waals surface area contributed by atoms with Gasteiger partial charge in [0.25, 0.3) is 0 Å². The van der Waals surface area contributed by atoms with Crippen molar-refractivity contribution in [2.45, 2.75) is 96.9 Å². The fourth-order valence-electron chi connectivity index (χ4n) is 3.14. The Kier molecular flexibility index (Phi) is 16.4. The second-order valence-corrected chi connectivity index (χ2v) is 8.47. The Morgan fingerprint density at radius 1 is 0.844 bits per heavy atom. The minimum Gasteiger partial charge on any atom is -0.463 e. The molecule has 1 saturated heterocycles. The van der Waals surface area contributed by atoms with Gasteiger partial charge in [-0.2, -0.15) is 0 Å². The number of hydrogen-bond donors (Lipinski definition) is 0. The van der Waals surface area contributed by atoms with Crippen LogP contribution in [0.25, 0.3) is 0 Å². The maximum Gasteiger partial charge on any atom is 0.306 e. The number of ether oxygens (including phenoxy) is 3. The van der Waals surface area contributed by atoms with Gasteiger partial charge in [0.15, 0.2) is 5.79 Å². The highest BCUT2D eigenvalue weighted by Gasteiger charge is 2.33. The Balaban J connectivity index is 1.94. The quantitative estimate of drug-likeness (QED) is 0.133. The van der Waals surface area contributed by atoms with E-state index in [2.05, 4.69) is 61.6 Å². The summed E-state index contributed by atoms with van der Waals surface area (Å²) < 4.78 is 16.3. The van der Waals surface area contributed by atoms with Crippen molar-refractivity contribution in [2.24, 2.45) is 0 Å². The third-order valence-corrected chi connectivity index (χ3v) is 4.91. The van der Waals surface area contributed by atoms with E-state index in [0.717, 1.165) is 25.7 Å². The summed E-state index contributed by atoms with van der Waals surface area (Å²) >= 11 is 0. The summed E-state index contributed by atoms with van der Waals surface area (Å²) in [7, 11) is 0. The number of carbonyl (C=O) groups excluding carboxylic acids is 1. The highest BCUT2D eigenvalue weighted by Crippen LogP contribution is 2.22. The average Bonchev–Trinajstić information content (AvgIpc) is 3.12. The first-order valence-corrected chi connectivity index (χ1v) is 12.3. The van der Waals surface area contributed by atoms with Gasteiger partial charge in [-0.05, 0) is 58.8 Å². The molecule has 0 spiro atoms. The van der Waals surface area contributed by atoms with Crippen LogP contribution in [-0.2, 0) is 19.0 Å². The molecule has 0 aromatic carbocycles. The topological polar surface area (TPSA) is 44.8 Å². The van der Waals surface area contributed by atoms with E-state index in [4.69, 9.17) is 14.2 Å². The summed E-state index contributed by atoms with van der Waals surface area (Å²) in [5.74, 6) is -0.772. The van der Waals surface area contributed by atoms with E-state index in [-0.39, 0.29) is 18.7 Å². The second kappa shape index (κ2) is 18.6. The molecule has 1 heterocycles. The van der Waals surface area contributed by atoms with Crippen LogP contribution in [-0.4, -0.2) is 31.1 Å². The molecule has 1 unspecified atom stereocenters. The Bertz CT molecular complexity index is 625. The monoisotopic (exact) mass is 444 g/mol. The van der Waals surface area contributed by atoms with Crippen LogP contribution in [0.3, 0.4) is 0 Å². The number of carbonyl (C=O) groups is 1. The molecule has 4 heteroatoms. The van der Waals surface area contributed by atoms with Crippen molar-refractivity contribution < 1.29 is 19.0 Å². The van der Waals surface area contributed by atoms with Crippen LogP contribution in [0.5, 0.6) is 0 Å². The molecular weight excluding hydrogens is 400 g/mol. The zero-order valence-electron chi connectivity index (χ0n) is 20.5. The average molecular weight is 445 g/mol.